The lowest BCUT2D eigenvalue weighted by Gasteiger charge is -2.32. The van der Waals surface area contributed by atoms with Crippen LogP contribution < -0.4 is 5.32 Å². The summed E-state index contributed by atoms with van der Waals surface area (Å²) in [6.07, 6.45) is 0.0679. The minimum absolute atomic E-state index is 0.0679. The monoisotopic (exact) mass is 483 g/mol. The van der Waals surface area contributed by atoms with E-state index in [0.717, 1.165) is 5.56 Å². The first-order chi connectivity index (χ1) is 15.5. The van der Waals surface area contributed by atoms with Gasteiger partial charge in [0.25, 0.3) is 0 Å². The van der Waals surface area contributed by atoms with E-state index in [2.05, 4.69) is 10.3 Å². The Morgan fingerprint density at radius 3 is 2.47 bits per heavy atom. The van der Waals surface area contributed by atoms with E-state index in [-0.39, 0.29) is 18.2 Å². The first-order valence-corrected chi connectivity index (χ1v) is 11.5. The lowest BCUT2D eigenvalue weighted by Crippen LogP contribution is -2.44. The number of carbonyl (C=O) groups excluding carboxylic acids is 2. The van der Waals surface area contributed by atoms with Gasteiger partial charge in [0.05, 0.1) is 12.2 Å². The molecule has 1 saturated heterocycles. The predicted octanol–water partition coefficient (Wildman–Crippen LogP) is 6.15. The molecule has 0 spiro atoms. The van der Waals surface area contributed by atoms with Crippen molar-refractivity contribution in [2.45, 2.75) is 18.2 Å². The van der Waals surface area contributed by atoms with E-state index >= 15 is 0 Å². The number of anilines is 1. The van der Waals surface area contributed by atoms with Crippen LogP contribution in [0.4, 0.5) is 11.4 Å². The Labute approximate surface area is 200 Å². The fourth-order valence-electron chi connectivity index (χ4n) is 3.17. The molecule has 1 aliphatic heterocycles. The Bertz CT molecular complexity index is 1150. The fourth-order valence-corrected chi connectivity index (χ4v) is 4.59. The smallest absolute Gasteiger partial charge is 0.238 e. The highest BCUT2D eigenvalue weighted by Crippen LogP contribution is 2.31. The summed E-state index contributed by atoms with van der Waals surface area (Å²) in [7, 11) is 0. The minimum atomic E-state index is -0.606. The van der Waals surface area contributed by atoms with Gasteiger partial charge in [0.15, 0.2) is 5.17 Å². The normalized spacial score (nSPS) is 17.4. The first kappa shape index (κ1) is 22.4. The molecule has 2 amide bonds. The van der Waals surface area contributed by atoms with Crippen molar-refractivity contribution >= 4 is 63.3 Å². The molecule has 4 rings (SSSR count). The second-order valence-corrected chi connectivity index (χ2v) is 9.19. The summed E-state index contributed by atoms with van der Waals surface area (Å²) in [4.78, 5) is 32.3. The first-order valence-electron chi connectivity index (χ1n) is 9.89. The molecule has 0 aliphatic carbocycles. The molecule has 0 saturated carbocycles. The minimum Gasteiger partial charge on any atom is -0.325 e. The second kappa shape index (κ2) is 10.2. The molecular formula is C24H19Cl2N3O2S. The van der Waals surface area contributed by atoms with Crippen molar-refractivity contribution in [1.82, 2.24) is 4.90 Å². The molecule has 0 unspecified atom stereocenters. The number of amides is 2. The highest BCUT2D eigenvalue weighted by Gasteiger charge is 2.36. The average Bonchev–Trinajstić information content (AvgIpc) is 2.78. The van der Waals surface area contributed by atoms with E-state index in [4.69, 9.17) is 23.2 Å². The van der Waals surface area contributed by atoms with Gasteiger partial charge in [-0.15, -0.1) is 0 Å². The molecule has 32 heavy (non-hydrogen) atoms. The van der Waals surface area contributed by atoms with Crippen LogP contribution in [0.15, 0.2) is 83.9 Å². The molecule has 1 heterocycles. The van der Waals surface area contributed by atoms with Gasteiger partial charge >= 0.3 is 0 Å². The number of hydrogen-bond donors (Lipinski definition) is 1. The third kappa shape index (κ3) is 5.71. The second-order valence-electron chi connectivity index (χ2n) is 7.15. The van der Waals surface area contributed by atoms with Crippen molar-refractivity contribution in [3.63, 3.8) is 0 Å². The SMILES string of the molecule is O=C(Nc1cccc(Cl)c1)[C@H]1CC(=O)N(Cc2ccc(Cl)cc2)C(=Nc2ccccc2)S1. The summed E-state index contributed by atoms with van der Waals surface area (Å²) in [6, 6.07) is 23.6. The van der Waals surface area contributed by atoms with Gasteiger partial charge in [0, 0.05) is 22.2 Å². The van der Waals surface area contributed by atoms with Crippen LogP contribution in [0.2, 0.25) is 10.0 Å². The van der Waals surface area contributed by atoms with E-state index in [1.807, 2.05) is 42.5 Å². The number of hydrogen-bond acceptors (Lipinski definition) is 4. The number of carbonyl (C=O) groups is 2. The highest BCUT2D eigenvalue weighted by atomic mass is 35.5. The Balaban J connectivity index is 1.58. The molecular weight excluding hydrogens is 465 g/mol. The lowest BCUT2D eigenvalue weighted by molar-refractivity contribution is -0.129. The zero-order valence-corrected chi connectivity index (χ0v) is 19.2. The van der Waals surface area contributed by atoms with Crippen LogP contribution in [0, 0.1) is 0 Å². The van der Waals surface area contributed by atoms with Gasteiger partial charge in [-0.2, -0.15) is 0 Å². The molecule has 1 atom stereocenters. The zero-order chi connectivity index (χ0) is 22.5. The summed E-state index contributed by atoms with van der Waals surface area (Å²) < 4.78 is 0. The number of nitrogens with one attached hydrogen (secondary N) is 1. The summed E-state index contributed by atoms with van der Waals surface area (Å²) in [6.45, 7) is 0.345. The van der Waals surface area contributed by atoms with Crippen LogP contribution in [0.25, 0.3) is 0 Å². The molecule has 1 fully saturated rings. The quantitative estimate of drug-likeness (QED) is 0.472. The Morgan fingerprint density at radius 2 is 1.75 bits per heavy atom. The molecule has 3 aromatic carbocycles. The van der Waals surface area contributed by atoms with Crippen LogP contribution in [0.1, 0.15) is 12.0 Å². The molecule has 162 valence electrons. The standard InChI is InChI=1S/C24H19Cl2N3O2S/c25-17-11-9-16(10-12-17)15-29-22(30)14-21(23(31)27-20-8-4-5-18(26)13-20)32-24(29)28-19-6-2-1-3-7-19/h1-13,21H,14-15H2,(H,27,31)/t21-/m1/s1. The lowest BCUT2D eigenvalue weighted by atomic mass is 10.2. The van der Waals surface area contributed by atoms with Gasteiger partial charge in [0.2, 0.25) is 11.8 Å². The number of para-hydroxylation sites is 1. The summed E-state index contributed by atoms with van der Waals surface area (Å²) in [5, 5.41) is 3.87. The molecule has 5 nitrogen and oxygen atoms in total. The van der Waals surface area contributed by atoms with E-state index < -0.39 is 5.25 Å². The largest absolute Gasteiger partial charge is 0.325 e. The number of benzene rings is 3. The summed E-state index contributed by atoms with van der Waals surface area (Å²) in [5.41, 5.74) is 2.21. The van der Waals surface area contributed by atoms with Crippen molar-refractivity contribution in [2.75, 3.05) is 5.32 Å². The van der Waals surface area contributed by atoms with Crippen LogP contribution in [0.3, 0.4) is 0 Å². The van der Waals surface area contributed by atoms with E-state index in [1.54, 1.807) is 41.3 Å². The highest BCUT2D eigenvalue weighted by molar-refractivity contribution is 8.15. The molecule has 8 heteroatoms. The number of aliphatic imine (C=N–C) groups is 1. The van der Waals surface area contributed by atoms with E-state index in [9.17, 15) is 9.59 Å². The van der Waals surface area contributed by atoms with E-state index in [1.165, 1.54) is 11.8 Å². The molecule has 0 aromatic heterocycles. The molecule has 3 aromatic rings. The molecule has 1 aliphatic rings. The number of halogens is 2. The fraction of sp³-hybridized carbons (Fsp3) is 0.125. The average molecular weight is 484 g/mol. The summed E-state index contributed by atoms with van der Waals surface area (Å²) >= 11 is 13.3. The number of nitrogens with zero attached hydrogens (tertiary/aromatic N) is 2. The van der Waals surface area contributed by atoms with Crippen molar-refractivity contribution < 1.29 is 9.59 Å². The van der Waals surface area contributed by atoms with Crippen LogP contribution >= 0.6 is 35.0 Å². The van der Waals surface area contributed by atoms with Crippen molar-refractivity contribution in [2.24, 2.45) is 4.99 Å². The molecule has 0 bridgehead atoms. The van der Waals surface area contributed by atoms with Gasteiger partial charge in [-0.25, -0.2) is 4.99 Å². The van der Waals surface area contributed by atoms with Crippen LogP contribution in [-0.4, -0.2) is 27.1 Å². The number of rotatable bonds is 5. The topological polar surface area (TPSA) is 61.8 Å². The van der Waals surface area contributed by atoms with Crippen molar-refractivity contribution in [3.05, 3.63) is 94.5 Å². The van der Waals surface area contributed by atoms with Gasteiger partial charge in [-0.05, 0) is 48.0 Å². The van der Waals surface area contributed by atoms with Gasteiger partial charge in [0.1, 0.15) is 5.25 Å². The van der Waals surface area contributed by atoms with Crippen LogP contribution in [0.5, 0.6) is 0 Å². The van der Waals surface area contributed by atoms with Crippen molar-refractivity contribution in [1.29, 1.82) is 0 Å². The number of amidine groups is 1. The van der Waals surface area contributed by atoms with Crippen molar-refractivity contribution in [3.8, 4) is 0 Å². The Kier molecular flexibility index (Phi) is 7.15. The Hall–Kier alpha value is -2.80. The third-order valence-corrected chi connectivity index (χ3v) is 6.43. The van der Waals surface area contributed by atoms with Gasteiger partial charge < -0.3 is 5.32 Å². The maximum Gasteiger partial charge on any atom is 0.238 e. The molecule has 0 radical (unpaired) electrons. The predicted molar refractivity (Wildman–Crippen MR) is 132 cm³/mol. The number of thioether (sulfide) groups is 1. The Morgan fingerprint density at radius 1 is 1.00 bits per heavy atom. The van der Waals surface area contributed by atoms with Gasteiger partial charge in [-0.3, -0.25) is 14.5 Å². The van der Waals surface area contributed by atoms with Gasteiger partial charge in [-0.1, -0.05) is 71.4 Å². The maximum atomic E-state index is 13.1. The summed E-state index contributed by atoms with van der Waals surface area (Å²) in [5.74, 6) is -0.433. The third-order valence-electron chi connectivity index (χ3n) is 4.76. The zero-order valence-electron chi connectivity index (χ0n) is 16.9. The maximum absolute atomic E-state index is 13.1. The van der Waals surface area contributed by atoms with Crippen LogP contribution in [-0.2, 0) is 16.1 Å². The van der Waals surface area contributed by atoms with E-state index in [0.29, 0.717) is 33.1 Å². The molecule has 1 N–H and O–H groups in total.